The van der Waals surface area contributed by atoms with Crippen LogP contribution in [0.5, 0.6) is 0 Å². The molecule has 2 heteroatoms. The van der Waals surface area contributed by atoms with E-state index in [1.165, 1.54) is 18.4 Å². The Morgan fingerprint density at radius 2 is 2.50 bits per heavy atom. The number of anilines is 1. The van der Waals surface area contributed by atoms with Crippen LogP contribution in [0.3, 0.4) is 0 Å². The highest BCUT2D eigenvalue weighted by Gasteiger charge is 2.21. The van der Waals surface area contributed by atoms with Crippen molar-refractivity contribution < 1.29 is 4.42 Å². The predicted octanol–water partition coefficient (Wildman–Crippen LogP) is 2.38. The van der Waals surface area contributed by atoms with Crippen molar-refractivity contribution in [3.05, 3.63) is 17.6 Å². The number of rotatable bonds is 1. The second-order valence-electron chi connectivity index (χ2n) is 3.61. The molecule has 12 heavy (non-hydrogen) atoms. The Morgan fingerprint density at radius 1 is 1.67 bits per heavy atom. The molecule has 0 saturated carbocycles. The summed E-state index contributed by atoms with van der Waals surface area (Å²) in [5.74, 6) is 1.94. The Bertz CT molecular complexity index is 277. The number of nitrogens with two attached hydrogens (primary N) is 1. The van der Waals surface area contributed by atoms with Crippen molar-refractivity contribution in [1.82, 2.24) is 0 Å². The standard InChI is InChI=1S/C10H15NO/c1-2-7-3-4-10-8(5-7)9(11)6-12-10/h6-7H,2-5,11H2,1H3. The molecule has 66 valence electrons. The molecule has 1 aliphatic rings. The number of furan rings is 1. The van der Waals surface area contributed by atoms with E-state index < -0.39 is 0 Å². The van der Waals surface area contributed by atoms with E-state index in [-0.39, 0.29) is 0 Å². The lowest BCUT2D eigenvalue weighted by Gasteiger charge is -2.19. The largest absolute Gasteiger partial charge is 0.467 e. The third-order valence-electron chi connectivity index (χ3n) is 2.86. The van der Waals surface area contributed by atoms with E-state index >= 15 is 0 Å². The first-order chi connectivity index (χ1) is 5.81. The summed E-state index contributed by atoms with van der Waals surface area (Å²) in [5.41, 5.74) is 7.91. The first-order valence-corrected chi connectivity index (χ1v) is 4.66. The molecule has 0 aliphatic heterocycles. The number of fused-ring (bicyclic) bond motifs is 1. The van der Waals surface area contributed by atoms with Gasteiger partial charge in [-0.15, -0.1) is 0 Å². The van der Waals surface area contributed by atoms with Gasteiger partial charge in [0.05, 0.1) is 5.69 Å². The Morgan fingerprint density at radius 3 is 3.25 bits per heavy atom. The van der Waals surface area contributed by atoms with Crippen molar-refractivity contribution in [1.29, 1.82) is 0 Å². The van der Waals surface area contributed by atoms with Crippen LogP contribution in [0.15, 0.2) is 10.7 Å². The fourth-order valence-electron chi connectivity index (χ4n) is 1.95. The highest BCUT2D eigenvalue weighted by atomic mass is 16.3. The summed E-state index contributed by atoms with van der Waals surface area (Å²) in [4.78, 5) is 0. The molecule has 1 aliphatic carbocycles. The fourth-order valence-corrected chi connectivity index (χ4v) is 1.95. The Balaban J connectivity index is 2.26. The van der Waals surface area contributed by atoms with Gasteiger partial charge in [0.25, 0.3) is 0 Å². The molecule has 2 N–H and O–H groups in total. The Labute approximate surface area is 72.7 Å². The molecule has 1 aromatic rings. The maximum Gasteiger partial charge on any atom is 0.114 e. The van der Waals surface area contributed by atoms with Gasteiger partial charge < -0.3 is 10.2 Å². The van der Waals surface area contributed by atoms with E-state index in [2.05, 4.69) is 6.92 Å². The molecule has 1 atom stereocenters. The molecule has 0 saturated heterocycles. The number of hydrogen-bond donors (Lipinski definition) is 1. The number of aryl methyl sites for hydroxylation is 1. The van der Waals surface area contributed by atoms with Crippen LogP contribution >= 0.6 is 0 Å². The van der Waals surface area contributed by atoms with Gasteiger partial charge in [0.15, 0.2) is 0 Å². The van der Waals surface area contributed by atoms with Gasteiger partial charge in [-0.05, 0) is 18.8 Å². The van der Waals surface area contributed by atoms with Gasteiger partial charge in [-0.25, -0.2) is 0 Å². The van der Waals surface area contributed by atoms with Crippen LogP contribution in [0, 0.1) is 5.92 Å². The van der Waals surface area contributed by atoms with E-state index in [1.54, 1.807) is 6.26 Å². The highest BCUT2D eigenvalue weighted by Crippen LogP contribution is 2.32. The monoisotopic (exact) mass is 165 g/mol. The van der Waals surface area contributed by atoms with E-state index in [1.807, 2.05) is 0 Å². The third kappa shape index (κ3) is 1.11. The van der Waals surface area contributed by atoms with Crippen molar-refractivity contribution >= 4 is 5.69 Å². The van der Waals surface area contributed by atoms with E-state index in [0.29, 0.717) is 0 Å². The molecule has 2 rings (SSSR count). The number of hydrogen-bond acceptors (Lipinski definition) is 2. The van der Waals surface area contributed by atoms with Crippen molar-refractivity contribution in [2.24, 2.45) is 5.92 Å². The van der Waals surface area contributed by atoms with Crippen molar-refractivity contribution in [2.45, 2.75) is 32.6 Å². The first-order valence-electron chi connectivity index (χ1n) is 4.66. The molecule has 0 fully saturated rings. The smallest absolute Gasteiger partial charge is 0.114 e. The molecule has 0 aromatic carbocycles. The molecule has 0 spiro atoms. The molecular weight excluding hydrogens is 150 g/mol. The molecule has 1 heterocycles. The summed E-state index contributed by atoms with van der Waals surface area (Å²) < 4.78 is 5.35. The van der Waals surface area contributed by atoms with Crippen molar-refractivity contribution in [3.8, 4) is 0 Å². The molecule has 0 radical (unpaired) electrons. The molecular formula is C10H15NO. The predicted molar refractivity (Wildman–Crippen MR) is 48.9 cm³/mol. The van der Waals surface area contributed by atoms with E-state index in [0.717, 1.165) is 30.2 Å². The van der Waals surface area contributed by atoms with Gasteiger partial charge in [0.2, 0.25) is 0 Å². The van der Waals surface area contributed by atoms with Crippen LogP contribution in [0.1, 0.15) is 31.1 Å². The fraction of sp³-hybridized carbons (Fsp3) is 0.600. The molecule has 1 unspecified atom stereocenters. The maximum atomic E-state index is 5.78. The van der Waals surface area contributed by atoms with Crippen molar-refractivity contribution in [3.63, 3.8) is 0 Å². The van der Waals surface area contributed by atoms with Crippen molar-refractivity contribution in [2.75, 3.05) is 5.73 Å². The average molecular weight is 165 g/mol. The molecule has 0 bridgehead atoms. The number of nitrogen functional groups attached to an aromatic ring is 1. The topological polar surface area (TPSA) is 39.2 Å². The quantitative estimate of drug-likeness (QED) is 0.694. The van der Waals surface area contributed by atoms with Crippen LogP contribution in [0.2, 0.25) is 0 Å². The minimum absolute atomic E-state index is 0.817. The molecule has 0 amide bonds. The van der Waals surface area contributed by atoms with Crippen LogP contribution in [0.25, 0.3) is 0 Å². The zero-order valence-electron chi connectivity index (χ0n) is 7.47. The third-order valence-corrected chi connectivity index (χ3v) is 2.86. The summed E-state index contributed by atoms with van der Waals surface area (Å²) in [7, 11) is 0. The second-order valence-corrected chi connectivity index (χ2v) is 3.61. The average Bonchev–Trinajstić information content (AvgIpc) is 2.47. The SMILES string of the molecule is CCC1CCc2occ(N)c2C1. The summed E-state index contributed by atoms with van der Waals surface area (Å²) in [6.45, 7) is 2.24. The van der Waals surface area contributed by atoms with Crippen LogP contribution < -0.4 is 5.73 Å². The van der Waals surface area contributed by atoms with Gasteiger partial charge in [0.1, 0.15) is 12.0 Å². The summed E-state index contributed by atoms with van der Waals surface area (Å²) in [6.07, 6.45) is 6.39. The van der Waals surface area contributed by atoms with Crippen LogP contribution in [0.4, 0.5) is 5.69 Å². The van der Waals surface area contributed by atoms with Crippen LogP contribution in [-0.4, -0.2) is 0 Å². The van der Waals surface area contributed by atoms with E-state index in [9.17, 15) is 0 Å². The lowest BCUT2D eigenvalue weighted by Crippen LogP contribution is -2.12. The zero-order valence-corrected chi connectivity index (χ0v) is 7.47. The summed E-state index contributed by atoms with van der Waals surface area (Å²) in [5, 5.41) is 0. The normalized spacial score (nSPS) is 22.2. The lowest BCUT2D eigenvalue weighted by atomic mass is 9.86. The van der Waals surface area contributed by atoms with Gasteiger partial charge in [-0.2, -0.15) is 0 Å². The minimum atomic E-state index is 0.817. The van der Waals surface area contributed by atoms with Gasteiger partial charge in [-0.3, -0.25) is 0 Å². The highest BCUT2D eigenvalue weighted by molar-refractivity contribution is 5.47. The second kappa shape index (κ2) is 2.85. The van der Waals surface area contributed by atoms with Crippen LogP contribution in [-0.2, 0) is 12.8 Å². The van der Waals surface area contributed by atoms with E-state index in [4.69, 9.17) is 10.2 Å². The van der Waals surface area contributed by atoms with Gasteiger partial charge >= 0.3 is 0 Å². The minimum Gasteiger partial charge on any atom is -0.467 e. The maximum absolute atomic E-state index is 5.78. The molecule has 1 aromatic heterocycles. The zero-order chi connectivity index (χ0) is 8.55. The van der Waals surface area contributed by atoms with Gasteiger partial charge in [-0.1, -0.05) is 13.3 Å². The molecule has 2 nitrogen and oxygen atoms in total. The summed E-state index contributed by atoms with van der Waals surface area (Å²) >= 11 is 0. The van der Waals surface area contributed by atoms with Gasteiger partial charge in [0, 0.05) is 12.0 Å². The Hall–Kier alpha value is -0.920. The summed E-state index contributed by atoms with van der Waals surface area (Å²) in [6, 6.07) is 0. The Kier molecular flexibility index (Phi) is 1.83. The first kappa shape index (κ1) is 7.71. The lowest BCUT2D eigenvalue weighted by molar-refractivity contribution is 0.396.